The molecule has 0 aliphatic heterocycles. The molecule has 4 atom stereocenters. The molecule has 0 saturated carbocycles. The minimum Gasteiger partial charge on any atom is -0.480 e. The number of esters is 2. The van der Waals surface area contributed by atoms with Crippen molar-refractivity contribution >= 4 is 17.9 Å². The lowest BCUT2D eigenvalue weighted by Gasteiger charge is -2.31. The predicted molar refractivity (Wildman–Crippen MR) is 170 cm³/mol. The van der Waals surface area contributed by atoms with E-state index >= 15 is 4.39 Å². The Morgan fingerprint density at radius 1 is 0.818 bits per heavy atom. The minimum absolute atomic E-state index is 0.0104. The van der Waals surface area contributed by atoms with E-state index in [2.05, 4.69) is 27.7 Å². The van der Waals surface area contributed by atoms with Gasteiger partial charge in [-0.3, -0.25) is 4.79 Å². The number of ether oxygens (including phenoxy) is 2. The van der Waals surface area contributed by atoms with Gasteiger partial charge in [-0.05, 0) is 73.9 Å². The monoisotopic (exact) mass is 606 g/mol. The number of carboxylic acid groups (broad SMARTS) is 1. The first-order chi connectivity index (χ1) is 21.0. The van der Waals surface area contributed by atoms with E-state index in [0.717, 1.165) is 32.1 Å². The van der Waals surface area contributed by atoms with Crippen LogP contribution in [0.15, 0.2) is 72.6 Å². The van der Waals surface area contributed by atoms with Gasteiger partial charge in [0.2, 0.25) is 0 Å². The van der Waals surface area contributed by atoms with Gasteiger partial charge in [-0.25, -0.2) is 14.0 Å². The summed E-state index contributed by atoms with van der Waals surface area (Å²) in [5.41, 5.74) is -1.09. The molecule has 0 amide bonds. The lowest BCUT2D eigenvalue weighted by atomic mass is 9.72. The van der Waals surface area contributed by atoms with Crippen molar-refractivity contribution in [3.05, 3.63) is 94.8 Å². The SMILES string of the molecule is CCC(CC)C[C@@H](C)OC(=O)c1ccc(C2C=CC(C(=O)O)(c3ccccc3C(=O)O[C@H](C)CC(CC)CC)C(F)=C2)cc1. The highest BCUT2D eigenvalue weighted by atomic mass is 19.1. The quantitative estimate of drug-likeness (QED) is 0.161. The predicted octanol–water partition coefficient (Wildman–Crippen LogP) is 8.96. The summed E-state index contributed by atoms with van der Waals surface area (Å²) >= 11 is 0. The van der Waals surface area contributed by atoms with Gasteiger partial charge in [0.1, 0.15) is 5.83 Å². The van der Waals surface area contributed by atoms with Crippen molar-refractivity contribution in [1.29, 1.82) is 0 Å². The molecule has 1 N–H and O–H groups in total. The van der Waals surface area contributed by atoms with Crippen molar-refractivity contribution in [2.45, 2.75) is 104 Å². The summed E-state index contributed by atoms with van der Waals surface area (Å²) in [5, 5.41) is 10.4. The van der Waals surface area contributed by atoms with E-state index in [1.54, 1.807) is 42.5 Å². The largest absolute Gasteiger partial charge is 0.480 e. The van der Waals surface area contributed by atoms with Crippen LogP contribution in [0, 0.1) is 11.8 Å². The number of carbonyl (C=O) groups excluding carboxylic acids is 2. The standard InChI is InChI=1S/C37H47FO6/c1-7-26(8-2)21-24(5)43-34(39)29-17-15-28(16-18-29)30-19-20-37(36(41)42,33(38)23-30)32-14-12-11-13-31(32)35(40)44-25(6)22-27(9-3)10-4/h11-20,23-27,30H,7-10,21-22H2,1-6H3,(H,41,42)/t24-,25-,30?,37?/m1/s1. The van der Waals surface area contributed by atoms with Crippen molar-refractivity contribution in [3.63, 3.8) is 0 Å². The van der Waals surface area contributed by atoms with Gasteiger partial charge in [0, 0.05) is 5.92 Å². The van der Waals surface area contributed by atoms with Gasteiger partial charge >= 0.3 is 17.9 Å². The average molecular weight is 607 g/mol. The van der Waals surface area contributed by atoms with Gasteiger partial charge in [-0.2, -0.15) is 0 Å². The smallest absolute Gasteiger partial charge is 0.338 e. The summed E-state index contributed by atoms with van der Waals surface area (Å²) in [7, 11) is 0. The van der Waals surface area contributed by atoms with Crippen molar-refractivity contribution in [3.8, 4) is 0 Å². The number of aliphatic carboxylic acids is 1. The molecule has 1 aliphatic carbocycles. The van der Waals surface area contributed by atoms with Gasteiger partial charge in [0.25, 0.3) is 0 Å². The van der Waals surface area contributed by atoms with Crippen LogP contribution in [0.25, 0.3) is 0 Å². The van der Waals surface area contributed by atoms with Crippen LogP contribution < -0.4 is 0 Å². The second kappa shape index (κ2) is 15.8. The Balaban J connectivity index is 1.82. The molecule has 6 nitrogen and oxygen atoms in total. The Morgan fingerprint density at radius 3 is 1.84 bits per heavy atom. The van der Waals surface area contributed by atoms with Crippen LogP contribution in [0.4, 0.5) is 4.39 Å². The van der Waals surface area contributed by atoms with E-state index in [1.807, 2.05) is 13.8 Å². The Bertz CT molecular complexity index is 1340. The molecular weight excluding hydrogens is 559 g/mol. The fraction of sp³-hybridized carbons (Fsp3) is 0.486. The maximum atomic E-state index is 16.1. The van der Waals surface area contributed by atoms with Crippen LogP contribution in [0.3, 0.4) is 0 Å². The maximum absolute atomic E-state index is 16.1. The number of carbonyl (C=O) groups is 3. The van der Waals surface area contributed by atoms with Gasteiger partial charge < -0.3 is 14.6 Å². The zero-order valence-electron chi connectivity index (χ0n) is 26.8. The molecule has 44 heavy (non-hydrogen) atoms. The van der Waals surface area contributed by atoms with E-state index in [4.69, 9.17) is 9.47 Å². The highest BCUT2D eigenvalue weighted by molar-refractivity contribution is 5.97. The highest BCUT2D eigenvalue weighted by Gasteiger charge is 2.47. The first-order valence-corrected chi connectivity index (χ1v) is 15.9. The molecule has 0 aromatic heterocycles. The molecule has 2 unspecified atom stereocenters. The van der Waals surface area contributed by atoms with Crippen molar-refractivity contribution < 1.29 is 33.4 Å². The van der Waals surface area contributed by atoms with Gasteiger partial charge in [0.15, 0.2) is 5.41 Å². The zero-order chi connectivity index (χ0) is 32.4. The van der Waals surface area contributed by atoms with E-state index in [-0.39, 0.29) is 23.3 Å². The molecule has 0 heterocycles. The second-order valence-corrected chi connectivity index (χ2v) is 11.9. The summed E-state index contributed by atoms with van der Waals surface area (Å²) in [6.07, 6.45) is 9.06. The number of allylic oxidation sites excluding steroid dienone is 2. The third-order valence-corrected chi connectivity index (χ3v) is 8.95. The minimum atomic E-state index is -2.18. The van der Waals surface area contributed by atoms with Crippen molar-refractivity contribution in [2.24, 2.45) is 11.8 Å². The number of hydrogen-bond acceptors (Lipinski definition) is 5. The topological polar surface area (TPSA) is 89.9 Å². The number of rotatable bonds is 15. The molecule has 0 spiro atoms. The summed E-state index contributed by atoms with van der Waals surface area (Å²) < 4.78 is 27.4. The summed E-state index contributed by atoms with van der Waals surface area (Å²) in [4.78, 5) is 38.7. The molecule has 7 heteroatoms. The Labute approximate surface area is 261 Å². The lowest BCUT2D eigenvalue weighted by Crippen LogP contribution is -2.38. The fourth-order valence-corrected chi connectivity index (χ4v) is 6.01. The highest BCUT2D eigenvalue weighted by Crippen LogP contribution is 2.43. The summed E-state index contributed by atoms with van der Waals surface area (Å²) in [6.45, 7) is 12.1. The van der Waals surface area contributed by atoms with E-state index < -0.39 is 35.1 Å². The third kappa shape index (κ3) is 8.04. The van der Waals surface area contributed by atoms with Crippen LogP contribution >= 0.6 is 0 Å². The molecule has 0 saturated heterocycles. The average Bonchev–Trinajstić information content (AvgIpc) is 3.02. The molecule has 0 fully saturated rings. The number of benzene rings is 2. The van der Waals surface area contributed by atoms with Crippen LogP contribution in [-0.2, 0) is 19.7 Å². The molecule has 3 rings (SSSR count). The molecule has 0 bridgehead atoms. The Morgan fingerprint density at radius 2 is 1.34 bits per heavy atom. The molecule has 2 aromatic carbocycles. The summed E-state index contributed by atoms with van der Waals surface area (Å²) in [5.74, 6) is -3.11. The van der Waals surface area contributed by atoms with Crippen LogP contribution in [-0.4, -0.2) is 35.2 Å². The lowest BCUT2D eigenvalue weighted by molar-refractivity contribution is -0.141. The van der Waals surface area contributed by atoms with Gasteiger partial charge in [-0.1, -0.05) is 95.9 Å². The normalized spacial score (nSPS) is 19.4. The number of hydrogen-bond donors (Lipinski definition) is 1. The van der Waals surface area contributed by atoms with Crippen LogP contribution in [0.1, 0.15) is 118 Å². The second-order valence-electron chi connectivity index (χ2n) is 11.9. The molecule has 1 aliphatic rings. The Kier molecular flexibility index (Phi) is 12.5. The van der Waals surface area contributed by atoms with Crippen LogP contribution in [0.2, 0.25) is 0 Å². The first-order valence-electron chi connectivity index (χ1n) is 15.9. The van der Waals surface area contributed by atoms with Crippen LogP contribution in [0.5, 0.6) is 0 Å². The Hall–Kier alpha value is -3.74. The first kappa shape index (κ1) is 34.7. The molecule has 2 aromatic rings. The number of halogens is 1. The van der Waals surface area contributed by atoms with E-state index in [1.165, 1.54) is 24.3 Å². The van der Waals surface area contributed by atoms with Crippen molar-refractivity contribution in [1.82, 2.24) is 0 Å². The maximum Gasteiger partial charge on any atom is 0.338 e. The van der Waals surface area contributed by atoms with Gasteiger partial charge in [-0.15, -0.1) is 0 Å². The summed E-state index contributed by atoms with van der Waals surface area (Å²) in [6, 6.07) is 12.8. The third-order valence-electron chi connectivity index (χ3n) is 8.95. The van der Waals surface area contributed by atoms with E-state index in [9.17, 15) is 19.5 Å². The van der Waals surface area contributed by atoms with Crippen molar-refractivity contribution in [2.75, 3.05) is 0 Å². The number of carboxylic acids is 1. The molecular formula is C37H47FO6. The van der Waals surface area contributed by atoms with Gasteiger partial charge in [0.05, 0.1) is 23.3 Å². The van der Waals surface area contributed by atoms with E-state index in [0.29, 0.717) is 29.4 Å². The molecule has 0 radical (unpaired) electrons. The molecule has 238 valence electrons. The fourth-order valence-electron chi connectivity index (χ4n) is 6.01. The zero-order valence-corrected chi connectivity index (χ0v) is 26.8.